The summed E-state index contributed by atoms with van der Waals surface area (Å²) in [6.07, 6.45) is 0. The molecular formula is C18H20N4O2. The second kappa shape index (κ2) is 6.36. The summed E-state index contributed by atoms with van der Waals surface area (Å²) in [7, 11) is 0. The minimum absolute atomic E-state index is 0.0126. The van der Waals surface area contributed by atoms with Crippen molar-refractivity contribution in [3.05, 3.63) is 46.5 Å². The minimum Gasteiger partial charge on any atom is -0.466 e. The summed E-state index contributed by atoms with van der Waals surface area (Å²) in [5, 5.41) is 9.12. The van der Waals surface area contributed by atoms with Crippen molar-refractivity contribution >= 4 is 11.7 Å². The maximum atomic E-state index is 12.6. The molecule has 0 atom stereocenters. The van der Waals surface area contributed by atoms with E-state index in [0.29, 0.717) is 43.2 Å². The molecule has 0 radical (unpaired) electrons. The van der Waals surface area contributed by atoms with Crippen LogP contribution in [-0.2, 0) is 0 Å². The van der Waals surface area contributed by atoms with Crippen molar-refractivity contribution < 1.29 is 9.21 Å². The van der Waals surface area contributed by atoms with E-state index in [-0.39, 0.29) is 5.91 Å². The Morgan fingerprint density at radius 3 is 2.50 bits per heavy atom. The van der Waals surface area contributed by atoms with Crippen molar-refractivity contribution in [2.75, 3.05) is 31.1 Å². The number of hydrogen-bond donors (Lipinski definition) is 0. The summed E-state index contributed by atoms with van der Waals surface area (Å²) in [5.41, 5.74) is 1.97. The van der Waals surface area contributed by atoms with E-state index < -0.39 is 0 Å². The van der Waals surface area contributed by atoms with E-state index in [0.717, 1.165) is 17.1 Å². The molecule has 3 rings (SSSR count). The van der Waals surface area contributed by atoms with Crippen LogP contribution in [0.3, 0.4) is 0 Å². The van der Waals surface area contributed by atoms with Crippen LogP contribution in [0.2, 0.25) is 0 Å². The van der Waals surface area contributed by atoms with Gasteiger partial charge in [-0.05, 0) is 38.5 Å². The Bertz CT molecular complexity index is 811. The summed E-state index contributed by atoms with van der Waals surface area (Å²) >= 11 is 0. The monoisotopic (exact) mass is 324 g/mol. The van der Waals surface area contributed by atoms with E-state index in [1.165, 1.54) is 0 Å². The van der Waals surface area contributed by atoms with Gasteiger partial charge in [-0.25, -0.2) is 4.98 Å². The van der Waals surface area contributed by atoms with Crippen LogP contribution in [0.15, 0.2) is 22.6 Å². The van der Waals surface area contributed by atoms with Crippen molar-refractivity contribution in [3.63, 3.8) is 0 Å². The summed E-state index contributed by atoms with van der Waals surface area (Å²) in [5.74, 6) is 2.22. The van der Waals surface area contributed by atoms with Gasteiger partial charge in [0.2, 0.25) is 0 Å². The fraction of sp³-hybridized carbons (Fsp3) is 0.389. The van der Waals surface area contributed by atoms with E-state index in [1.807, 2.05) is 37.8 Å². The molecule has 1 aliphatic heterocycles. The van der Waals surface area contributed by atoms with Crippen LogP contribution in [-0.4, -0.2) is 42.0 Å². The first-order valence-corrected chi connectivity index (χ1v) is 7.98. The second-order valence-corrected chi connectivity index (χ2v) is 6.05. The highest BCUT2D eigenvalue weighted by atomic mass is 16.3. The standard InChI is InChI=1S/C18H20N4O2/c1-12-4-5-17(20-16(12)11-19)21-6-8-22(9-7-21)18(23)15-10-13(2)24-14(15)3/h4-5,10H,6-9H2,1-3H3. The van der Waals surface area contributed by atoms with E-state index in [2.05, 4.69) is 16.0 Å². The zero-order valence-electron chi connectivity index (χ0n) is 14.2. The Labute approximate surface area is 141 Å². The highest BCUT2D eigenvalue weighted by molar-refractivity contribution is 5.95. The predicted molar refractivity (Wildman–Crippen MR) is 90.0 cm³/mol. The summed E-state index contributed by atoms with van der Waals surface area (Å²) in [4.78, 5) is 21.0. The lowest BCUT2D eigenvalue weighted by atomic mass is 10.2. The van der Waals surface area contributed by atoms with Gasteiger partial charge in [0, 0.05) is 26.2 Å². The van der Waals surface area contributed by atoms with Crippen molar-refractivity contribution in [3.8, 4) is 6.07 Å². The number of aromatic nitrogens is 1. The number of amides is 1. The van der Waals surface area contributed by atoms with Crippen molar-refractivity contribution in [1.29, 1.82) is 5.26 Å². The molecule has 0 bridgehead atoms. The van der Waals surface area contributed by atoms with Crippen molar-refractivity contribution in [2.24, 2.45) is 0 Å². The molecule has 0 spiro atoms. The van der Waals surface area contributed by atoms with Crippen LogP contribution in [0.5, 0.6) is 0 Å². The van der Waals surface area contributed by atoms with Gasteiger partial charge in [-0.1, -0.05) is 6.07 Å². The number of anilines is 1. The van der Waals surface area contributed by atoms with E-state index in [1.54, 1.807) is 6.07 Å². The number of carbonyl (C=O) groups excluding carboxylic acids is 1. The lowest BCUT2D eigenvalue weighted by Gasteiger charge is -2.35. The Morgan fingerprint density at radius 1 is 1.21 bits per heavy atom. The topological polar surface area (TPSA) is 73.4 Å². The van der Waals surface area contributed by atoms with Crippen LogP contribution in [0.1, 0.15) is 33.1 Å². The summed E-state index contributed by atoms with van der Waals surface area (Å²) < 4.78 is 5.46. The fourth-order valence-corrected chi connectivity index (χ4v) is 2.96. The molecule has 2 aromatic heterocycles. The third kappa shape index (κ3) is 2.98. The maximum absolute atomic E-state index is 12.6. The van der Waals surface area contributed by atoms with Gasteiger partial charge in [0.05, 0.1) is 5.56 Å². The molecule has 0 unspecified atom stereocenters. The van der Waals surface area contributed by atoms with Crippen molar-refractivity contribution in [1.82, 2.24) is 9.88 Å². The van der Waals surface area contributed by atoms with Crippen LogP contribution in [0.25, 0.3) is 0 Å². The van der Waals surface area contributed by atoms with Crippen LogP contribution < -0.4 is 4.90 Å². The average molecular weight is 324 g/mol. The number of furan rings is 1. The number of aryl methyl sites for hydroxylation is 3. The molecule has 0 saturated carbocycles. The third-order valence-corrected chi connectivity index (χ3v) is 4.35. The average Bonchev–Trinajstić information content (AvgIpc) is 2.93. The number of rotatable bonds is 2. The molecule has 0 N–H and O–H groups in total. The van der Waals surface area contributed by atoms with Crippen LogP contribution >= 0.6 is 0 Å². The molecule has 24 heavy (non-hydrogen) atoms. The van der Waals surface area contributed by atoms with Gasteiger partial charge in [0.25, 0.3) is 5.91 Å². The molecule has 2 aromatic rings. The zero-order chi connectivity index (χ0) is 17.3. The van der Waals surface area contributed by atoms with Gasteiger partial charge in [-0.15, -0.1) is 0 Å². The molecule has 1 amide bonds. The van der Waals surface area contributed by atoms with E-state index >= 15 is 0 Å². The highest BCUT2D eigenvalue weighted by Gasteiger charge is 2.25. The van der Waals surface area contributed by atoms with Crippen LogP contribution in [0, 0.1) is 32.1 Å². The molecule has 6 nitrogen and oxygen atoms in total. The molecular weight excluding hydrogens is 304 g/mol. The Kier molecular flexibility index (Phi) is 4.26. The van der Waals surface area contributed by atoms with Gasteiger partial charge in [0.1, 0.15) is 29.1 Å². The SMILES string of the molecule is Cc1cc(C(=O)N2CCN(c3ccc(C)c(C#N)n3)CC2)c(C)o1. The van der Waals surface area contributed by atoms with E-state index in [4.69, 9.17) is 9.68 Å². The minimum atomic E-state index is 0.0126. The largest absolute Gasteiger partial charge is 0.466 e. The van der Waals surface area contributed by atoms with E-state index in [9.17, 15) is 4.79 Å². The van der Waals surface area contributed by atoms with Crippen molar-refractivity contribution in [2.45, 2.75) is 20.8 Å². The number of carbonyl (C=O) groups is 1. The molecule has 0 aromatic carbocycles. The zero-order valence-corrected chi connectivity index (χ0v) is 14.2. The Balaban J connectivity index is 1.69. The normalized spacial score (nSPS) is 14.6. The molecule has 1 aliphatic rings. The first kappa shape index (κ1) is 16.1. The lowest BCUT2D eigenvalue weighted by molar-refractivity contribution is 0.0744. The summed E-state index contributed by atoms with van der Waals surface area (Å²) in [6, 6.07) is 7.76. The fourth-order valence-electron chi connectivity index (χ4n) is 2.96. The Morgan fingerprint density at radius 2 is 1.92 bits per heavy atom. The number of nitriles is 1. The maximum Gasteiger partial charge on any atom is 0.257 e. The third-order valence-electron chi connectivity index (χ3n) is 4.35. The van der Waals surface area contributed by atoms with Crippen LogP contribution in [0.4, 0.5) is 5.82 Å². The Hall–Kier alpha value is -2.81. The first-order valence-electron chi connectivity index (χ1n) is 7.98. The van der Waals surface area contributed by atoms with Gasteiger partial charge in [-0.2, -0.15) is 5.26 Å². The second-order valence-electron chi connectivity index (χ2n) is 6.05. The molecule has 1 saturated heterocycles. The van der Waals surface area contributed by atoms with Gasteiger partial charge < -0.3 is 14.2 Å². The number of hydrogen-bond acceptors (Lipinski definition) is 5. The smallest absolute Gasteiger partial charge is 0.257 e. The molecule has 124 valence electrons. The first-order chi connectivity index (χ1) is 11.5. The molecule has 1 fully saturated rings. The molecule has 0 aliphatic carbocycles. The quantitative estimate of drug-likeness (QED) is 0.848. The number of nitrogens with zero attached hydrogens (tertiary/aromatic N) is 4. The summed E-state index contributed by atoms with van der Waals surface area (Å²) in [6.45, 7) is 8.18. The van der Waals surface area contributed by atoms with Gasteiger partial charge in [0.15, 0.2) is 0 Å². The predicted octanol–water partition coefficient (Wildman–Crippen LogP) is 2.43. The molecule has 6 heteroatoms. The van der Waals surface area contributed by atoms with Gasteiger partial charge in [-0.3, -0.25) is 4.79 Å². The number of pyridine rings is 1. The molecule has 3 heterocycles. The highest BCUT2D eigenvalue weighted by Crippen LogP contribution is 2.20. The lowest BCUT2D eigenvalue weighted by Crippen LogP contribution is -2.49. The number of piperazine rings is 1. The van der Waals surface area contributed by atoms with Gasteiger partial charge >= 0.3 is 0 Å².